The van der Waals surface area contributed by atoms with Gasteiger partial charge in [-0.3, -0.25) is 4.79 Å². The highest BCUT2D eigenvalue weighted by Crippen LogP contribution is 2.25. The average Bonchev–Trinajstić information content (AvgIpc) is 2.59. The van der Waals surface area contributed by atoms with Gasteiger partial charge >= 0.3 is 0 Å². The van der Waals surface area contributed by atoms with Gasteiger partial charge in [0.05, 0.1) is 11.1 Å². The van der Waals surface area contributed by atoms with Crippen molar-refractivity contribution in [3.05, 3.63) is 64.7 Å². The van der Waals surface area contributed by atoms with Crippen LogP contribution in [0.2, 0.25) is 5.02 Å². The molecule has 0 aliphatic carbocycles. The number of ether oxygens (including phenoxy) is 1. The maximum atomic E-state index is 12.6. The van der Waals surface area contributed by atoms with Crippen molar-refractivity contribution < 1.29 is 9.53 Å². The van der Waals surface area contributed by atoms with Gasteiger partial charge in [0.1, 0.15) is 5.75 Å². The molecule has 1 N–H and O–H groups in total. The van der Waals surface area contributed by atoms with E-state index in [-0.39, 0.29) is 11.9 Å². The molecule has 0 saturated carbocycles. The van der Waals surface area contributed by atoms with E-state index in [9.17, 15) is 4.79 Å². The van der Waals surface area contributed by atoms with Crippen molar-refractivity contribution in [2.75, 3.05) is 0 Å². The third-order valence-corrected chi connectivity index (χ3v) is 4.29. The zero-order chi connectivity index (χ0) is 17.5. The Morgan fingerprint density at radius 2 is 1.75 bits per heavy atom. The molecule has 2 aromatic carbocycles. The summed E-state index contributed by atoms with van der Waals surface area (Å²) in [6, 6.07) is 15.4. The van der Waals surface area contributed by atoms with Crippen LogP contribution < -0.4 is 10.1 Å². The molecule has 2 aromatic rings. The number of nitrogens with one attached hydrogen (secondary N) is 1. The maximum Gasteiger partial charge on any atom is 0.261 e. The van der Waals surface area contributed by atoms with Gasteiger partial charge < -0.3 is 10.1 Å². The molecule has 0 radical (unpaired) electrons. The third kappa shape index (κ3) is 4.75. The van der Waals surface area contributed by atoms with Crippen LogP contribution >= 0.6 is 11.6 Å². The molecule has 0 heterocycles. The van der Waals surface area contributed by atoms with E-state index in [1.165, 1.54) is 5.56 Å². The normalized spacial score (nSPS) is 13.2. The zero-order valence-electron chi connectivity index (χ0n) is 14.4. The number of benzene rings is 2. The Morgan fingerprint density at radius 3 is 2.33 bits per heavy atom. The Balaban J connectivity index is 2.07. The first-order valence-corrected chi connectivity index (χ1v) is 8.71. The Morgan fingerprint density at radius 1 is 1.08 bits per heavy atom. The van der Waals surface area contributed by atoms with Crippen molar-refractivity contribution in [2.45, 2.75) is 45.8 Å². The molecule has 0 saturated heterocycles. The van der Waals surface area contributed by atoms with Gasteiger partial charge in [-0.05, 0) is 37.5 Å². The van der Waals surface area contributed by atoms with Crippen molar-refractivity contribution in [2.24, 2.45) is 0 Å². The van der Waals surface area contributed by atoms with E-state index in [0.29, 0.717) is 17.2 Å². The second-order valence-electron chi connectivity index (χ2n) is 5.83. The summed E-state index contributed by atoms with van der Waals surface area (Å²) in [4.78, 5) is 12.6. The molecule has 2 rings (SSSR count). The van der Waals surface area contributed by atoms with Crippen molar-refractivity contribution in [1.82, 2.24) is 5.32 Å². The van der Waals surface area contributed by atoms with Crippen LogP contribution in [0, 0.1) is 6.92 Å². The lowest BCUT2D eigenvalue weighted by Crippen LogP contribution is -2.40. The molecule has 2 unspecified atom stereocenters. The third-order valence-electron chi connectivity index (χ3n) is 3.97. The minimum absolute atomic E-state index is 0.0259. The van der Waals surface area contributed by atoms with Crippen molar-refractivity contribution in [1.29, 1.82) is 0 Å². The van der Waals surface area contributed by atoms with Crippen LogP contribution in [0.25, 0.3) is 0 Å². The van der Waals surface area contributed by atoms with Crippen LogP contribution in [0.3, 0.4) is 0 Å². The van der Waals surface area contributed by atoms with E-state index in [0.717, 1.165) is 12.0 Å². The van der Waals surface area contributed by atoms with E-state index < -0.39 is 6.10 Å². The number of amides is 1. The van der Waals surface area contributed by atoms with Gasteiger partial charge in [0.2, 0.25) is 0 Å². The number of hydrogen-bond acceptors (Lipinski definition) is 2. The SMILES string of the molecule is CCC(Oc1ccccc1Cl)C(=O)NC(CC)c1ccc(C)cc1. The first-order chi connectivity index (χ1) is 11.5. The largest absolute Gasteiger partial charge is 0.479 e. The van der Waals surface area contributed by atoms with Crippen molar-refractivity contribution in [3.63, 3.8) is 0 Å². The standard InChI is InChI=1S/C20H24ClNO2/c1-4-17(15-12-10-14(3)11-13-15)22-20(23)18(5-2)24-19-9-7-6-8-16(19)21/h6-13,17-18H,4-5H2,1-3H3,(H,22,23). The van der Waals surface area contributed by atoms with E-state index >= 15 is 0 Å². The molecule has 0 bridgehead atoms. The molecular weight excluding hydrogens is 322 g/mol. The molecule has 0 fully saturated rings. The zero-order valence-corrected chi connectivity index (χ0v) is 15.1. The number of para-hydroxylation sites is 1. The van der Waals surface area contributed by atoms with Crippen LogP contribution in [0.15, 0.2) is 48.5 Å². The van der Waals surface area contributed by atoms with Gasteiger partial charge in [0.25, 0.3) is 5.91 Å². The fourth-order valence-corrected chi connectivity index (χ4v) is 2.68. The van der Waals surface area contributed by atoms with Gasteiger partial charge in [0.15, 0.2) is 6.10 Å². The minimum Gasteiger partial charge on any atom is -0.479 e. The maximum absolute atomic E-state index is 12.6. The Labute approximate surface area is 149 Å². The van der Waals surface area contributed by atoms with E-state index in [1.54, 1.807) is 12.1 Å². The molecule has 0 aliphatic rings. The molecule has 1 amide bonds. The van der Waals surface area contributed by atoms with Crippen LogP contribution in [0.5, 0.6) is 5.75 Å². The summed E-state index contributed by atoms with van der Waals surface area (Å²) in [5, 5.41) is 3.59. The lowest BCUT2D eigenvalue weighted by molar-refractivity contribution is -0.128. The molecule has 24 heavy (non-hydrogen) atoms. The number of rotatable bonds is 7. The second kappa shape index (κ2) is 8.74. The number of aryl methyl sites for hydroxylation is 1. The highest BCUT2D eigenvalue weighted by molar-refractivity contribution is 6.32. The lowest BCUT2D eigenvalue weighted by Gasteiger charge is -2.23. The lowest BCUT2D eigenvalue weighted by atomic mass is 10.0. The fourth-order valence-electron chi connectivity index (χ4n) is 2.50. The summed E-state index contributed by atoms with van der Waals surface area (Å²) in [6.07, 6.45) is 0.822. The molecule has 2 atom stereocenters. The number of hydrogen-bond donors (Lipinski definition) is 1. The van der Waals surface area contributed by atoms with Crippen LogP contribution in [-0.2, 0) is 4.79 Å². The summed E-state index contributed by atoms with van der Waals surface area (Å²) >= 11 is 6.12. The molecule has 3 nitrogen and oxygen atoms in total. The summed E-state index contributed by atoms with van der Waals surface area (Å²) < 4.78 is 5.81. The monoisotopic (exact) mass is 345 g/mol. The van der Waals surface area contributed by atoms with Gasteiger partial charge in [-0.15, -0.1) is 0 Å². The molecule has 4 heteroatoms. The molecule has 128 valence electrons. The van der Waals surface area contributed by atoms with Crippen LogP contribution in [0.4, 0.5) is 0 Å². The summed E-state index contributed by atoms with van der Waals surface area (Å²) in [6.45, 7) is 6.03. The van der Waals surface area contributed by atoms with E-state index in [2.05, 4.69) is 36.5 Å². The van der Waals surface area contributed by atoms with Crippen LogP contribution in [0.1, 0.15) is 43.9 Å². The Bertz CT molecular complexity index is 670. The molecule has 0 spiro atoms. The van der Waals surface area contributed by atoms with E-state index in [1.807, 2.05) is 26.0 Å². The molecule has 0 aliphatic heterocycles. The molecular formula is C20H24ClNO2. The number of halogens is 1. The van der Waals surface area contributed by atoms with Crippen molar-refractivity contribution in [3.8, 4) is 5.75 Å². The quantitative estimate of drug-likeness (QED) is 0.760. The van der Waals surface area contributed by atoms with Gasteiger partial charge in [-0.2, -0.15) is 0 Å². The van der Waals surface area contributed by atoms with Crippen LogP contribution in [-0.4, -0.2) is 12.0 Å². The van der Waals surface area contributed by atoms with Gasteiger partial charge in [-0.25, -0.2) is 0 Å². The average molecular weight is 346 g/mol. The van der Waals surface area contributed by atoms with Gasteiger partial charge in [-0.1, -0.05) is 67.4 Å². The first-order valence-electron chi connectivity index (χ1n) is 8.33. The smallest absolute Gasteiger partial charge is 0.261 e. The Kier molecular flexibility index (Phi) is 6.68. The second-order valence-corrected chi connectivity index (χ2v) is 6.23. The summed E-state index contributed by atoms with van der Waals surface area (Å²) in [5.41, 5.74) is 2.30. The minimum atomic E-state index is -0.565. The topological polar surface area (TPSA) is 38.3 Å². The predicted molar refractivity (Wildman–Crippen MR) is 98.5 cm³/mol. The highest BCUT2D eigenvalue weighted by Gasteiger charge is 2.22. The summed E-state index contributed by atoms with van der Waals surface area (Å²) in [5.74, 6) is 0.411. The predicted octanol–water partition coefficient (Wildman–Crippen LogP) is 5.07. The fraction of sp³-hybridized carbons (Fsp3) is 0.350. The summed E-state index contributed by atoms with van der Waals surface area (Å²) in [7, 11) is 0. The highest BCUT2D eigenvalue weighted by atomic mass is 35.5. The number of carbonyl (C=O) groups excluding carboxylic acids is 1. The van der Waals surface area contributed by atoms with Gasteiger partial charge in [0, 0.05) is 0 Å². The van der Waals surface area contributed by atoms with E-state index in [4.69, 9.17) is 16.3 Å². The molecule has 0 aromatic heterocycles. The van der Waals surface area contributed by atoms with Crippen molar-refractivity contribution >= 4 is 17.5 Å². The first kappa shape index (κ1) is 18.3. The number of carbonyl (C=O) groups is 1. The Hall–Kier alpha value is -2.00.